The molecule has 0 aliphatic carbocycles. The van der Waals surface area contributed by atoms with Crippen LogP contribution in [0.15, 0.2) is 65.6 Å². The van der Waals surface area contributed by atoms with E-state index in [2.05, 4.69) is 22.0 Å². The van der Waals surface area contributed by atoms with Crippen LogP contribution in [0.25, 0.3) is 10.2 Å². The third-order valence-corrected chi connectivity index (χ3v) is 11.2. The fourth-order valence-electron chi connectivity index (χ4n) is 5.47. The van der Waals surface area contributed by atoms with E-state index in [9.17, 15) is 13.2 Å². The number of hydrogen-bond acceptors (Lipinski definition) is 7. The number of nitrogens with one attached hydrogen (secondary N) is 1. The number of rotatable bonds is 7. The number of anilines is 2. The third kappa shape index (κ3) is 6.09. The number of nitrogens with zero attached hydrogens (tertiary/aromatic N) is 4. The Labute approximate surface area is 261 Å². The number of piperazine rings is 1. The molecule has 8 nitrogen and oxygen atoms in total. The topological polar surface area (TPSA) is 85.8 Å². The minimum absolute atomic E-state index is 0. The molecule has 222 valence electrons. The molecule has 4 aromatic rings. The summed E-state index contributed by atoms with van der Waals surface area (Å²) in [4.78, 5) is 22.4. The first-order valence-electron chi connectivity index (χ1n) is 13.8. The number of sulfonamides is 1. The van der Waals surface area contributed by atoms with Gasteiger partial charge in [-0.15, -0.1) is 12.4 Å². The summed E-state index contributed by atoms with van der Waals surface area (Å²) in [5, 5.41) is 4.72. The summed E-state index contributed by atoms with van der Waals surface area (Å²) >= 11 is 8.03. The molecular weight excluding hydrogens is 613 g/mol. The first-order valence-corrected chi connectivity index (χ1v) is 16.5. The molecule has 2 aliphatic heterocycles. The van der Waals surface area contributed by atoms with Crippen molar-refractivity contribution in [3.63, 3.8) is 0 Å². The average Bonchev–Trinajstić information content (AvgIpc) is 3.46. The van der Waals surface area contributed by atoms with Crippen LogP contribution in [0.3, 0.4) is 0 Å². The molecule has 0 saturated carbocycles. The van der Waals surface area contributed by atoms with Crippen LogP contribution in [0.5, 0.6) is 0 Å². The molecule has 1 aromatic heterocycles. The van der Waals surface area contributed by atoms with Gasteiger partial charge >= 0.3 is 0 Å². The maximum absolute atomic E-state index is 13.4. The molecule has 42 heavy (non-hydrogen) atoms. The minimum Gasteiger partial charge on any atom is -0.351 e. The van der Waals surface area contributed by atoms with E-state index in [0.29, 0.717) is 18.7 Å². The van der Waals surface area contributed by atoms with Crippen LogP contribution in [0.4, 0.5) is 10.8 Å². The number of carbonyl (C=O) groups excluding carboxylic acids is 1. The highest BCUT2D eigenvalue weighted by atomic mass is 35.5. The normalized spacial score (nSPS) is 15.8. The number of benzene rings is 3. The second kappa shape index (κ2) is 12.8. The lowest BCUT2D eigenvalue weighted by atomic mass is 10.0. The molecule has 0 atom stereocenters. The average molecular weight is 647 g/mol. The van der Waals surface area contributed by atoms with E-state index in [1.165, 1.54) is 16.4 Å². The number of aryl methyl sites for hydroxylation is 2. The number of thiazole rings is 1. The first kappa shape index (κ1) is 30.6. The predicted octanol–water partition coefficient (Wildman–Crippen LogP) is 5.37. The van der Waals surface area contributed by atoms with Crippen molar-refractivity contribution < 1.29 is 13.2 Å². The van der Waals surface area contributed by atoms with Gasteiger partial charge in [-0.25, -0.2) is 13.4 Å². The van der Waals surface area contributed by atoms with Crippen molar-refractivity contribution in [2.24, 2.45) is 0 Å². The van der Waals surface area contributed by atoms with E-state index >= 15 is 0 Å². The maximum atomic E-state index is 13.4. The smallest absolute Gasteiger partial charge is 0.264 e. The van der Waals surface area contributed by atoms with Crippen molar-refractivity contribution in [3.8, 4) is 0 Å². The molecule has 3 aromatic carbocycles. The van der Waals surface area contributed by atoms with Gasteiger partial charge in [0.25, 0.3) is 15.9 Å². The summed E-state index contributed by atoms with van der Waals surface area (Å²) in [6, 6.07) is 17.8. The molecular formula is C30H33Cl2N5O3S2. The summed E-state index contributed by atoms with van der Waals surface area (Å²) < 4.78 is 29.3. The number of carbonyl (C=O) groups is 1. The zero-order valence-corrected chi connectivity index (χ0v) is 26.5. The molecule has 1 amide bonds. The van der Waals surface area contributed by atoms with Gasteiger partial charge in [0.15, 0.2) is 5.13 Å². The second-order valence-electron chi connectivity index (χ2n) is 10.5. The maximum Gasteiger partial charge on any atom is 0.264 e. The van der Waals surface area contributed by atoms with Crippen LogP contribution in [-0.2, 0) is 16.4 Å². The van der Waals surface area contributed by atoms with Crippen molar-refractivity contribution in [1.82, 2.24) is 15.2 Å². The van der Waals surface area contributed by atoms with Gasteiger partial charge in [-0.05, 0) is 67.3 Å². The molecule has 2 aliphatic rings. The first-order chi connectivity index (χ1) is 19.8. The van der Waals surface area contributed by atoms with Gasteiger partial charge in [0.05, 0.1) is 25.8 Å². The number of amides is 1. The van der Waals surface area contributed by atoms with Gasteiger partial charge < -0.3 is 10.2 Å². The zero-order valence-electron chi connectivity index (χ0n) is 23.3. The highest BCUT2D eigenvalue weighted by molar-refractivity contribution is 7.92. The Morgan fingerprint density at radius 1 is 1.00 bits per heavy atom. The van der Waals surface area contributed by atoms with Gasteiger partial charge in [0.2, 0.25) is 0 Å². The highest BCUT2D eigenvalue weighted by Gasteiger charge is 2.29. The Hall–Kier alpha value is -2.89. The summed E-state index contributed by atoms with van der Waals surface area (Å²) in [5.41, 5.74) is 4.32. The zero-order chi connectivity index (χ0) is 28.6. The highest BCUT2D eigenvalue weighted by Crippen LogP contribution is 2.36. The predicted molar refractivity (Wildman–Crippen MR) is 173 cm³/mol. The Morgan fingerprint density at radius 2 is 1.74 bits per heavy atom. The van der Waals surface area contributed by atoms with Crippen molar-refractivity contribution in [1.29, 1.82) is 0 Å². The van der Waals surface area contributed by atoms with E-state index in [4.69, 9.17) is 16.6 Å². The van der Waals surface area contributed by atoms with Gasteiger partial charge in [0, 0.05) is 51.4 Å². The van der Waals surface area contributed by atoms with E-state index < -0.39 is 10.0 Å². The molecule has 1 fully saturated rings. The molecule has 1 saturated heterocycles. The van der Waals surface area contributed by atoms with Gasteiger partial charge in [-0.2, -0.15) is 0 Å². The summed E-state index contributed by atoms with van der Waals surface area (Å²) in [5.74, 6) is -0.211. The number of aromatic nitrogens is 1. The molecule has 0 bridgehead atoms. The fourth-order valence-corrected chi connectivity index (χ4v) is 8.38. The van der Waals surface area contributed by atoms with Crippen LogP contribution in [0.2, 0.25) is 5.02 Å². The lowest BCUT2D eigenvalue weighted by Gasteiger charge is -2.34. The third-order valence-electron chi connectivity index (χ3n) is 7.81. The lowest BCUT2D eigenvalue weighted by Crippen LogP contribution is -2.48. The summed E-state index contributed by atoms with van der Waals surface area (Å²) in [6.45, 7) is 7.24. The molecule has 0 radical (unpaired) electrons. The summed E-state index contributed by atoms with van der Waals surface area (Å²) in [6.07, 6.45) is 1.65. The second-order valence-corrected chi connectivity index (χ2v) is 13.7. The Bertz CT molecular complexity index is 1650. The van der Waals surface area contributed by atoms with Gasteiger partial charge in [-0.1, -0.05) is 47.2 Å². The fraction of sp³-hybridized carbons (Fsp3) is 0.333. The Morgan fingerprint density at radius 3 is 2.48 bits per heavy atom. The van der Waals surface area contributed by atoms with Gasteiger partial charge in [0.1, 0.15) is 0 Å². The van der Waals surface area contributed by atoms with E-state index in [1.54, 1.807) is 23.5 Å². The standard InChI is InChI=1S/C30H32ClN5O3S2.ClH/c1-21-8-13-25(31)28-27(21)33-30(40-28)35-19-17-34(18-20-35)16-14-32-29(37)23-9-11-24(12-10-23)41(38,39)36-15-4-6-22-5-2-3-7-26(22)36;/h2-3,5,7-13H,4,6,14-20H2,1H3,(H,32,37);1H. The monoisotopic (exact) mass is 645 g/mol. The minimum atomic E-state index is -3.71. The SMILES string of the molecule is Cc1ccc(Cl)c2sc(N3CCN(CCNC(=O)c4ccc(S(=O)(=O)N5CCCc6ccccc65)cc4)CC3)nc12.Cl. The van der Waals surface area contributed by atoms with Crippen LogP contribution in [0.1, 0.15) is 27.9 Å². The van der Waals surface area contributed by atoms with Crippen LogP contribution in [0, 0.1) is 6.92 Å². The van der Waals surface area contributed by atoms with Crippen molar-refractivity contribution >= 4 is 72.3 Å². The van der Waals surface area contributed by atoms with Crippen LogP contribution in [-0.4, -0.2) is 70.0 Å². The molecule has 1 N–H and O–H groups in total. The largest absolute Gasteiger partial charge is 0.351 e. The number of hydrogen-bond donors (Lipinski definition) is 1. The summed E-state index contributed by atoms with van der Waals surface area (Å²) in [7, 11) is -3.71. The van der Waals surface area contributed by atoms with Crippen LogP contribution < -0.4 is 14.5 Å². The van der Waals surface area contributed by atoms with E-state index in [-0.39, 0.29) is 23.2 Å². The Balaban J connectivity index is 0.00000353. The number of para-hydroxylation sites is 1. The van der Waals surface area contributed by atoms with Crippen molar-refractivity contribution in [2.75, 3.05) is 55.0 Å². The number of fused-ring (bicyclic) bond motifs is 2. The quantitative estimate of drug-likeness (QED) is 0.291. The molecule has 0 spiro atoms. The number of halogens is 2. The van der Waals surface area contributed by atoms with E-state index in [0.717, 1.165) is 82.8 Å². The van der Waals surface area contributed by atoms with Gasteiger partial charge in [-0.3, -0.25) is 14.0 Å². The van der Waals surface area contributed by atoms with E-state index in [1.807, 2.05) is 36.4 Å². The molecule has 3 heterocycles. The molecule has 12 heteroatoms. The Kier molecular flexibility index (Phi) is 9.29. The lowest BCUT2D eigenvalue weighted by molar-refractivity contribution is 0.0947. The van der Waals surface area contributed by atoms with Crippen molar-refractivity contribution in [3.05, 3.63) is 82.4 Å². The molecule has 0 unspecified atom stereocenters. The van der Waals surface area contributed by atoms with Crippen LogP contribution >= 0.6 is 35.3 Å². The molecule has 6 rings (SSSR count). The van der Waals surface area contributed by atoms with Crippen molar-refractivity contribution in [2.45, 2.75) is 24.7 Å².